The summed E-state index contributed by atoms with van der Waals surface area (Å²) in [6.07, 6.45) is 0. The van der Waals surface area contributed by atoms with Gasteiger partial charge in [0.2, 0.25) is 0 Å². The molecule has 0 aliphatic heterocycles. The van der Waals surface area contributed by atoms with Crippen LogP contribution in [0.2, 0.25) is 0 Å². The first-order valence-corrected chi connectivity index (χ1v) is 16.4. The third kappa shape index (κ3) is 3.53. The third-order valence-electron chi connectivity index (χ3n) is 8.84. The average Bonchev–Trinajstić information content (AvgIpc) is 3.76. The van der Waals surface area contributed by atoms with Crippen LogP contribution in [0.25, 0.3) is 73.1 Å². The lowest BCUT2D eigenvalue weighted by atomic mass is 10.0. The second-order valence-corrected chi connectivity index (χ2v) is 13.5. The zero-order valence-corrected chi connectivity index (χ0v) is 25.1. The highest BCUT2D eigenvalue weighted by atomic mass is 32.1. The number of hydrogen-bond donors (Lipinski definition) is 0. The average molecular weight is 598 g/mol. The molecule has 0 N–H and O–H groups in total. The van der Waals surface area contributed by atoms with Crippen molar-refractivity contribution in [2.24, 2.45) is 0 Å². The number of rotatable bonds is 3. The molecule has 0 aliphatic rings. The van der Waals surface area contributed by atoms with Gasteiger partial charge in [-0.1, -0.05) is 66.7 Å². The van der Waals surface area contributed by atoms with Crippen LogP contribution in [-0.4, -0.2) is 0 Å². The van der Waals surface area contributed by atoms with Crippen molar-refractivity contribution in [2.45, 2.75) is 0 Å². The Morgan fingerprint density at radius 1 is 0.386 bits per heavy atom. The molecule has 206 valence electrons. The van der Waals surface area contributed by atoms with E-state index in [-0.39, 0.29) is 0 Å². The lowest BCUT2D eigenvalue weighted by Gasteiger charge is -2.26. The maximum Gasteiger partial charge on any atom is 0.143 e. The maximum atomic E-state index is 6.49. The third-order valence-corrected chi connectivity index (χ3v) is 11.1. The summed E-state index contributed by atoms with van der Waals surface area (Å²) in [6, 6.07) is 50.7. The minimum Gasteiger partial charge on any atom is -0.455 e. The molecule has 0 bridgehead atoms. The van der Waals surface area contributed by atoms with Crippen molar-refractivity contribution in [3.8, 4) is 0 Å². The maximum absolute atomic E-state index is 6.49. The molecule has 2 nitrogen and oxygen atoms in total. The van der Waals surface area contributed by atoms with Crippen LogP contribution in [0.3, 0.4) is 0 Å². The quantitative estimate of drug-likeness (QED) is 0.201. The summed E-state index contributed by atoms with van der Waals surface area (Å²) in [5, 5.41) is 9.77. The van der Waals surface area contributed by atoms with Gasteiger partial charge in [0.15, 0.2) is 0 Å². The summed E-state index contributed by atoms with van der Waals surface area (Å²) < 4.78 is 11.7. The SMILES string of the molecule is c1ccc2c(c1)ccc1c3cc(N(c4ccc5sc6ccccc6c5c4)c4ccc5sc6ccccc6c5c4)ccc3oc21. The Morgan fingerprint density at radius 2 is 0.909 bits per heavy atom. The summed E-state index contributed by atoms with van der Waals surface area (Å²) in [6.45, 7) is 0. The Labute approximate surface area is 260 Å². The summed E-state index contributed by atoms with van der Waals surface area (Å²) in [5.41, 5.74) is 5.22. The van der Waals surface area contributed by atoms with Crippen LogP contribution < -0.4 is 4.90 Å². The minimum absolute atomic E-state index is 0.901. The first-order chi connectivity index (χ1) is 21.8. The number of nitrogens with zero attached hydrogens (tertiary/aromatic N) is 1. The smallest absolute Gasteiger partial charge is 0.143 e. The molecule has 0 amide bonds. The molecule has 0 aliphatic carbocycles. The zero-order chi connectivity index (χ0) is 28.8. The number of furan rings is 1. The summed E-state index contributed by atoms with van der Waals surface area (Å²) in [7, 11) is 0. The Morgan fingerprint density at radius 3 is 1.57 bits per heavy atom. The zero-order valence-electron chi connectivity index (χ0n) is 23.5. The Balaban J connectivity index is 1.24. The molecule has 0 saturated heterocycles. The van der Waals surface area contributed by atoms with Gasteiger partial charge in [0.05, 0.1) is 0 Å². The largest absolute Gasteiger partial charge is 0.455 e. The highest BCUT2D eigenvalue weighted by Crippen LogP contribution is 2.44. The molecule has 3 heterocycles. The molecule has 0 atom stereocenters. The summed E-state index contributed by atoms with van der Waals surface area (Å²) in [4.78, 5) is 2.40. The molecule has 0 saturated carbocycles. The van der Waals surface area contributed by atoms with Crippen molar-refractivity contribution in [1.29, 1.82) is 0 Å². The Bertz CT molecular complexity index is 2630. The topological polar surface area (TPSA) is 16.4 Å². The van der Waals surface area contributed by atoms with Gasteiger partial charge in [0.1, 0.15) is 11.2 Å². The van der Waals surface area contributed by atoms with E-state index in [1.807, 2.05) is 22.7 Å². The van der Waals surface area contributed by atoms with Gasteiger partial charge in [0, 0.05) is 73.6 Å². The van der Waals surface area contributed by atoms with Gasteiger partial charge in [-0.2, -0.15) is 0 Å². The van der Waals surface area contributed by atoms with Crippen molar-refractivity contribution < 1.29 is 4.42 Å². The van der Waals surface area contributed by atoms with E-state index in [2.05, 4.69) is 144 Å². The van der Waals surface area contributed by atoms with Crippen LogP contribution in [0.5, 0.6) is 0 Å². The van der Waals surface area contributed by atoms with Gasteiger partial charge in [-0.25, -0.2) is 0 Å². The Kier molecular flexibility index (Phi) is 5.06. The minimum atomic E-state index is 0.901. The van der Waals surface area contributed by atoms with E-state index in [0.717, 1.165) is 44.4 Å². The van der Waals surface area contributed by atoms with Crippen molar-refractivity contribution in [3.63, 3.8) is 0 Å². The van der Waals surface area contributed by atoms with E-state index in [4.69, 9.17) is 4.42 Å². The lowest BCUT2D eigenvalue weighted by molar-refractivity contribution is 0.672. The van der Waals surface area contributed by atoms with Crippen molar-refractivity contribution in [3.05, 3.63) is 140 Å². The van der Waals surface area contributed by atoms with E-state index >= 15 is 0 Å². The van der Waals surface area contributed by atoms with Crippen molar-refractivity contribution >= 4 is 113 Å². The van der Waals surface area contributed by atoms with Crippen molar-refractivity contribution in [2.75, 3.05) is 4.90 Å². The van der Waals surface area contributed by atoms with Crippen LogP contribution >= 0.6 is 22.7 Å². The van der Waals surface area contributed by atoms with Crippen LogP contribution in [0, 0.1) is 0 Å². The molecule has 3 aromatic heterocycles. The predicted molar refractivity (Wildman–Crippen MR) is 192 cm³/mol. The van der Waals surface area contributed by atoms with Crippen molar-refractivity contribution in [1.82, 2.24) is 0 Å². The molecular formula is C40H23NOS2. The molecule has 0 spiro atoms. The standard InChI is InChI=1S/C40H23NOS2/c1-2-8-28-24(7-1)13-17-31-32-21-25(14-18-35(32)42-40(28)31)41(26-15-19-38-33(22-26)29-9-3-5-11-36(29)43-38)27-16-20-39-34(23-27)30-10-4-6-12-37(30)44-39/h1-23H. The van der Waals surface area contributed by atoms with Gasteiger partial charge in [-0.05, 0) is 78.2 Å². The highest BCUT2D eigenvalue weighted by Gasteiger charge is 2.19. The molecule has 0 radical (unpaired) electrons. The Hall–Kier alpha value is -5.16. The highest BCUT2D eigenvalue weighted by molar-refractivity contribution is 7.26. The van der Waals surface area contributed by atoms with Crippen LogP contribution in [0.1, 0.15) is 0 Å². The molecule has 4 heteroatoms. The fraction of sp³-hybridized carbons (Fsp3) is 0. The van der Waals surface area contributed by atoms with Gasteiger partial charge in [-0.15, -0.1) is 22.7 Å². The number of thiophene rings is 2. The fourth-order valence-corrected chi connectivity index (χ4v) is 8.96. The van der Waals surface area contributed by atoms with Crippen LogP contribution in [0.15, 0.2) is 144 Å². The van der Waals surface area contributed by atoms with E-state index < -0.39 is 0 Å². The summed E-state index contributed by atoms with van der Waals surface area (Å²) >= 11 is 3.71. The van der Waals surface area contributed by atoms with Gasteiger partial charge < -0.3 is 9.32 Å². The van der Waals surface area contributed by atoms with Gasteiger partial charge in [-0.3, -0.25) is 0 Å². The molecule has 7 aromatic carbocycles. The number of benzene rings is 7. The van der Waals surface area contributed by atoms with Crippen LogP contribution in [0.4, 0.5) is 17.1 Å². The molecule has 10 aromatic rings. The number of anilines is 3. The van der Waals surface area contributed by atoms with E-state index in [9.17, 15) is 0 Å². The van der Waals surface area contributed by atoms with Gasteiger partial charge in [0.25, 0.3) is 0 Å². The van der Waals surface area contributed by atoms with E-state index in [1.54, 1.807) is 0 Å². The molecular weight excluding hydrogens is 575 g/mol. The van der Waals surface area contributed by atoms with E-state index in [1.165, 1.54) is 45.7 Å². The summed E-state index contributed by atoms with van der Waals surface area (Å²) in [5.74, 6) is 0. The van der Waals surface area contributed by atoms with Gasteiger partial charge >= 0.3 is 0 Å². The van der Waals surface area contributed by atoms with Crippen LogP contribution in [-0.2, 0) is 0 Å². The molecule has 0 unspecified atom stereocenters. The second kappa shape index (κ2) is 9.17. The number of hydrogen-bond acceptors (Lipinski definition) is 4. The fourth-order valence-electron chi connectivity index (χ4n) is 6.79. The molecule has 10 rings (SSSR count). The first kappa shape index (κ1) is 24.3. The second-order valence-electron chi connectivity index (χ2n) is 11.3. The predicted octanol–water partition coefficient (Wildman–Crippen LogP) is 12.9. The normalized spacial score (nSPS) is 12.1. The first-order valence-electron chi connectivity index (χ1n) is 14.8. The van der Waals surface area contributed by atoms with E-state index in [0.29, 0.717) is 0 Å². The molecule has 44 heavy (non-hydrogen) atoms. The monoisotopic (exact) mass is 597 g/mol. The molecule has 0 fully saturated rings. The lowest BCUT2D eigenvalue weighted by Crippen LogP contribution is -2.09. The number of fused-ring (bicyclic) bond motifs is 11.